The molecule has 0 spiro atoms. The molecule has 1 amide bonds. The number of hydrogen-bond acceptors (Lipinski definition) is 3. The van der Waals surface area contributed by atoms with Crippen molar-refractivity contribution in [1.82, 2.24) is 9.62 Å². The van der Waals surface area contributed by atoms with Crippen LogP contribution in [0.5, 0.6) is 0 Å². The highest BCUT2D eigenvalue weighted by Crippen LogP contribution is 2.23. The van der Waals surface area contributed by atoms with Crippen molar-refractivity contribution in [3.8, 4) is 0 Å². The zero-order valence-electron chi connectivity index (χ0n) is 15.5. The molecule has 1 aromatic rings. The van der Waals surface area contributed by atoms with E-state index in [2.05, 4.69) is 12.2 Å². The van der Waals surface area contributed by atoms with E-state index < -0.39 is 10.0 Å². The van der Waals surface area contributed by atoms with Gasteiger partial charge in [-0.2, -0.15) is 4.31 Å². The average molecular weight is 381 g/mol. The summed E-state index contributed by atoms with van der Waals surface area (Å²) < 4.78 is 27.0. The van der Waals surface area contributed by atoms with E-state index in [4.69, 9.17) is 0 Å². The van der Waals surface area contributed by atoms with E-state index in [-0.39, 0.29) is 10.8 Å². The van der Waals surface area contributed by atoms with Crippen LogP contribution < -0.4 is 10.2 Å². The molecule has 26 heavy (non-hydrogen) atoms. The van der Waals surface area contributed by atoms with Crippen molar-refractivity contribution in [1.29, 1.82) is 0 Å². The molecule has 2 aliphatic rings. The van der Waals surface area contributed by atoms with Crippen molar-refractivity contribution in [3.05, 3.63) is 29.8 Å². The zero-order valence-corrected chi connectivity index (χ0v) is 16.4. The lowest BCUT2D eigenvalue weighted by molar-refractivity contribution is -0.886. The summed E-state index contributed by atoms with van der Waals surface area (Å²) in [7, 11) is -3.46. The molecule has 2 heterocycles. The van der Waals surface area contributed by atoms with Gasteiger partial charge in [0.15, 0.2) is 0 Å². The highest BCUT2D eigenvalue weighted by molar-refractivity contribution is 7.89. The number of nitrogens with zero attached hydrogens (tertiary/aromatic N) is 1. The molecular weight excluding hydrogens is 350 g/mol. The maximum Gasteiger partial charge on any atom is 0.251 e. The third-order valence-electron chi connectivity index (χ3n) is 5.57. The van der Waals surface area contributed by atoms with Crippen molar-refractivity contribution in [2.75, 3.05) is 39.3 Å². The molecule has 2 N–H and O–H groups in total. The van der Waals surface area contributed by atoms with Gasteiger partial charge in [-0.1, -0.05) is 6.92 Å². The van der Waals surface area contributed by atoms with Gasteiger partial charge in [0, 0.05) is 31.5 Å². The fourth-order valence-electron chi connectivity index (χ4n) is 3.73. The minimum atomic E-state index is -3.46. The number of piperidine rings is 1. The quantitative estimate of drug-likeness (QED) is 0.756. The van der Waals surface area contributed by atoms with Crippen LogP contribution in [0.1, 0.15) is 43.0 Å². The Labute approximate surface area is 156 Å². The summed E-state index contributed by atoms with van der Waals surface area (Å²) in [6, 6.07) is 6.32. The number of carbonyl (C=O) groups is 1. The number of nitrogens with one attached hydrogen (secondary N) is 2. The lowest BCUT2D eigenvalue weighted by Gasteiger charge is -2.29. The number of sulfonamides is 1. The molecular formula is C19H30N3O3S+. The predicted molar refractivity (Wildman–Crippen MR) is 101 cm³/mol. The Morgan fingerprint density at radius 3 is 2.38 bits per heavy atom. The van der Waals surface area contributed by atoms with E-state index in [9.17, 15) is 13.2 Å². The molecule has 0 radical (unpaired) electrons. The molecule has 1 aromatic carbocycles. The Kier molecular flexibility index (Phi) is 6.32. The second-order valence-corrected chi connectivity index (χ2v) is 9.51. The number of rotatable bonds is 6. The molecule has 3 rings (SSSR count). The Bertz CT molecular complexity index is 704. The number of carbonyl (C=O) groups excluding carboxylic acids is 1. The molecule has 0 aliphatic carbocycles. The van der Waals surface area contributed by atoms with Gasteiger partial charge in [-0.3, -0.25) is 4.79 Å². The molecule has 144 valence electrons. The van der Waals surface area contributed by atoms with Crippen LogP contribution in [0.2, 0.25) is 0 Å². The molecule has 2 saturated heterocycles. The van der Waals surface area contributed by atoms with Gasteiger partial charge in [-0.15, -0.1) is 0 Å². The van der Waals surface area contributed by atoms with Crippen LogP contribution >= 0.6 is 0 Å². The van der Waals surface area contributed by atoms with Crippen LogP contribution in [0, 0.1) is 5.92 Å². The summed E-state index contributed by atoms with van der Waals surface area (Å²) in [4.78, 5) is 14.0. The Balaban J connectivity index is 1.56. The van der Waals surface area contributed by atoms with Crippen molar-refractivity contribution < 1.29 is 18.1 Å². The summed E-state index contributed by atoms with van der Waals surface area (Å²) in [6.07, 6.45) is 4.35. The van der Waals surface area contributed by atoms with Crippen LogP contribution in [0.4, 0.5) is 0 Å². The molecule has 2 aliphatic heterocycles. The largest absolute Gasteiger partial charge is 0.346 e. The van der Waals surface area contributed by atoms with Gasteiger partial charge in [0.05, 0.1) is 31.1 Å². The molecule has 6 nitrogen and oxygen atoms in total. The topological polar surface area (TPSA) is 70.9 Å². The van der Waals surface area contributed by atoms with Crippen LogP contribution in [0.3, 0.4) is 0 Å². The first-order valence-electron chi connectivity index (χ1n) is 9.69. The Hall–Kier alpha value is -1.44. The SMILES string of the molecule is CC1CCN(S(=O)(=O)c2ccc(C(=O)NCC[NH+]3CCCC3)cc2)CC1. The number of likely N-dealkylation sites (tertiary alicyclic amines) is 1. The van der Waals surface area contributed by atoms with Crippen molar-refractivity contribution >= 4 is 15.9 Å². The molecule has 7 heteroatoms. The lowest BCUT2D eigenvalue weighted by atomic mass is 10.0. The first-order chi connectivity index (χ1) is 12.5. The fourth-order valence-corrected chi connectivity index (χ4v) is 5.20. The molecule has 0 bridgehead atoms. The maximum atomic E-state index is 12.7. The second-order valence-electron chi connectivity index (χ2n) is 7.57. The third kappa shape index (κ3) is 4.64. The number of benzene rings is 1. The minimum absolute atomic E-state index is 0.139. The average Bonchev–Trinajstić information content (AvgIpc) is 3.15. The van der Waals surface area contributed by atoms with E-state index in [0.717, 1.165) is 19.4 Å². The Morgan fingerprint density at radius 2 is 1.77 bits per heavy atom. The summed E-state index contributed by atoms with van der Waals surface area (Å²) in [5.41, 5.74) is 0.507. The Morgan fingerprint density at radius 1 is 1.15 bits per heavy atom. The lowest BCUT2D eigenvalue weighted by Crippen LogP contribution is -3.10. The fraction of sp³-hybridized carbons (Fsp3) is 0.632. The number of amides is 1. The van der Waals surface area contributed by atoms with Crippen molar-refractivity contribution in [2.24, 2.45) is 5.92 Å². The van der Waals surface area contributed by atoms with E-state index in [0.29, 0.717) is 31.1 Å². The number of hydrogen-bond donors (Lipinski definition) is 2. The van der Waals surface area contributed by atoms with Gasteiger partial charge in [-0.05, 0) is 43.0 Å². The molecule has 0 saturated carbocycles. The van der Waals surface area contributed by atoms with Gasteiger partial charge in [0.25, 0.3) is 5.91 Å². The van der Waals surface area contributed by atoms with Gasteiger partial charge in [0.2, 0.25) is 10.0 Å². The normalized spacial score (nSPS) is 20.3. The summed E-state index contributed by atoms with van der Waals surface area (Å²) in [6.45, 7) is 7.29. The first-order valence-corrected chi connectivity index (χ1v) is 11.1. The minimum Gasteiger partial charge on any atom is -0.346 e. The third-order valence-corrected chi connectivity index (χ3v) is 7.48. The highest BCUT2D eigenvalue weighted by atomic mass is 32.2. The molecule has 2 fully saturated rings. The zero-order chi connectivity index (χ0) is 18.6. The van der Waals surface area contributed by atoms with Gasteiger partial charge < -0.3 is 10.2 Å². The van der Waals surface area contributed by atoms with Gasteiger partial charge in [0.1, 0.15) is 0 Å². The van der Waals surface area contributed by atoms with Gasteiger partial charge in [-0.25, -0.2) is 8.42 Å². The number of quaternary nitrogens is 1. The van der Waals surface area contributed by atoms with Crippen molar-refractivity contribution in [3.63, 3.8) is 0 Å². The standard InChI is InChI=1S/C19H29N3O3S/c1-16-8-13-22(14-9-16)26(24,25)18-6-4-17(5-7-18)19(23)20-10-15-21-11-2-3-12-21/h4-7,16H,2-3,8-15H2,1H3,(H,20,23)/p+1. The van der Waals surface area contributed by atoms with Crippen LogP contribution in [-0.2, 0) is 10.0 Å². The van der Waals surface area contributed by atoms with E-state index in [1.807, 2.05) is 0 Å². The van der Waals surface area contributed by atoms with Crippen molar-refractivity contribution in [2.45, 2.75) is 37.5 Å². The van der Waals surface area contributed by atoms with Crippen LogP contribution in [0.25, 0.3) is 0 Å². The smallest absolute Gasteiger partial charge is 0.251 e. The van der Waals surface area contributed by atoms with Crippen LogP contribution in [0.15, 0.2) is 29.2 Å². The second kappa shape index (κ2) is 8.50. The summed E-state index contributed by atoms with van der Waals surface area (Å²) in [5.74, 6) is 0.439. The molecule has 0 atom stereocenters. The first kappa shape index (κ1) is 19.3. The molecule has 0 unspecified atom stereocenters. The maximum absolute atomic E-state index is 12.7. The van der Waals surface area contributed by atoms with E-state index in [1.165, 1.54) is 25.9 Å². The monoisotopic (exact) mass is 380 g/mol. The highest BCUT2D eigenvalue weighted by Gasteiger charge is 2.28. The molecule has 0 aromatic heterocycles. The van der Waals surface area contributed by atoms with Crippen LogP contribution in [-0.4, -0.2) is 57.9 Å². The van der Waals surface area contributed by atoms with E-state index >= 15 is 0 Å². The van der Waals surface area contributed by atoms with Gasteiger partial charge >= 0.3 is 0 Å². The summed E-state index contributed by atoms with van der Waals surface area (Å²) >= 11 is 0. The summed E-state index contributed by atoms with van der Waals surface area (Å²) in [5, 5.41) is 2.93. The van der Waals surface area contributed by atoms with E-state index in [1.54, 1.807) is 33.5 Å². The predicted octanol–water partition coefficient (Wildman–Crippen LogP) is 0.516.